The summed E-state index contributed by atoms with van der Waals surface area (Å²) in [5.74, 6) is 1.88. The summed E-state index contributed by atoms with van der Waals surface area (Å²) in [6.07, 6.45) is 4.22. The Balaban J connectivity index is 0.000000286. The van der Waals surface area contributed by atoms with Crippen molar-refractivity contribution in [3.8, 4) is 11.5 Å². The van der Waals surface area contributed by atoms with Gasteiger partial charge in [0.2, 0.25) is 15.9 Å². The number of carbonyl (C=O) groups is 3. The Hall–Kier alpha value is -4.78. The Kier molecular flexibility index (Phi) is 16.5. The van der Waals surface area contributed by atoms with E-state index in [0.29, 0.717) is 69.6 Å². The van der Waals surface area contributed by atoms with Gasteiger partial charge < -0.3 is 25.4 Å². The minimum atomic E-state index is -3.28. The second-order valence-corrected chi connectivity index (χ2v) is 16.9. The Morgan fingerprint density at radius 2 is 1.15 bits per heavy atom. The van der Waals surface area contributed by atoms with Gasteiger partial charge in [-0.25, -0.2) is 32.7 Å². The molecule has 0 spiro atoms. The second kappa shape index (κ2) is 20.5. The molecule has 15 nitrogen and oxygen atoms in total. The smallest absolute Gasteiger partial charge is 0.325 e. The molecule has 4 rings (SSSR count). The second-order valence-electron chi connectivity index (χ2n) is 12.8. The molecule has 0 aliphatic carbocycles. The van der Waals surface area contributed by atoms with E-state index in [1.165, 1.54) is 35.8 Å². The van der Waals surface area contributed by atoms with Crippen LogP contribution in [0.2, 0.25) is 0 Å². The van der Waals surface area contributed by atoms with Gasteiger partial charge in [-0.05, 0) is 61.1 Å². The fourth-order valence-corrected chi connectivity index (χ4v) is 6.03. The topological polar surface area (TPSA) is 202 Å². The van der Waals surface area contributed by atoms with E-state index in [1.807, 2.05) is 58.0 Å². The first kappa shape index (κ1) is 42.6. The number of sulfonamides is 1. The molecule has 5 amide bonds. The quantitative estimate of drug-likeness (QED) is 0.0738. The average molecular weight is 789 g/mol. The number of anilines is 4. The van der Waals surface area contributed by atoms with Crippen molar-refractivity contribution in [3.05, 3.63) is 69.7 Å². The highest BCUT2D eigenvalue weighted by atomic mass is 32.2. The fourth-order valence-electron chi connectivity index (χ4n) is 4.03. The molecule has 6 N–H and O–H groups in total. The zero-order valence-corrected chi connectivity index (χ0v) is 33.5. The summed E-state index contributed by atoms with van der Waals surface area (Å²) in [4.78, 5) is 45.2. The van der Waals surface area contributed by atoms with Crippen molar-refractivity contribution in [2.75, 3.05) is 40.7 Å². The standard InChI is InChI=1S/C18H24N4O3S.C17H24N4O4S2/c1-11(2)10-25-16-7-12(3)5-6-15(16)21-17(24)22-18-20-9-14(26-18)8-19-13(4)23;1-11(2)10-25-15-7-12(3)5-6-14(15)20-16(22)21-17-18-8-13(26-17)9-19-27(4,23)24/h5-7,9,11H,8,10H2,1-4H3,(H,19,23)(H2,20,21,22,24);5-8,11,19H,9-10H2,1-4H3,(H2,18,20,21,22). The molecule has 4 aromatic rings. The largest absolute Gasteiger partial charge is 0.491 e. The van der Waals surface area contributed by atoms with Gasteiger partial charge in [0.15, 0.2) is 10.3 Å². The van der Waals surface area contributed by atoms with Gasteiger partial charge >= 0.3 is 12.1 Å². The normalized spacial score (nSPS) is 11.0. The number of benzene rings is 2. The molecular formula is C35H48N8O7S3. The van der Waals surface area contributed by atoms with E-state index in [2.05, 4.69) is 55.1 Å². The number of nitrogens with zero attached hydrogens (tertiary/aromatic N) is 2. The maximum absolute atomic E-state index is 12.3. The summed E-state index contributed by atoms with van der Waals surface area (Å²) in [5, 5.41) is 14.4. The maximum atomic E-state index is 12.3. The maximum Gasteiger partial charge on any atom is 0.325 e. The van der Waals surface area contributed by atoms with Crippen LogP contribution in [0.5, 0.6) is 11.5 Å². The van der Waals surface area contributed by atoms with Gasteiger partial charge in [0.05, 0.1) is 37.4 Å². The van der Waals surface area contributed by atoms with Crippen LogP contribution in [0.15, 0.2) is 48.8 Å². The van der Waals surface area contributed by atoms with Gasteiger partial charge in [-0.3, -0.25) is 15.4 Å². The fraction of sp³-hybridized carbons (Fsp3) is 0.400. The van der Waals surface area contributed by atoms with E-state index in [0.717, 1.165) is 22.3 Å². The molecule has 288 valence electrons. The number of urea groups is 2. The van der Waals surface area contributed by atoms with E-state index in [9.17, 15) is 22.8 Å². The SMILES string of the molecule is CC(=O)NCc1cnc(NC(=O)Nc2ccc(C)cc2OCC(C)C)s1.Cc1ccc(NC(=O)Nc2ncc(CNS(C)(=O)=O)s2)c(OCC(C)C)c1. The van der Waals surface area contributed by atoms with Crippen molar-refractivity contribution >= 4 is 72.3 Å². The molecule has 0 aliphatic heterocycles. The summed E-state index contributed by atoms with van der Waals surface area (Å²) in [6.45, 7) is 15.2. The van der Waals surface area contributed by atoms with Crippen LogP contribution in [-0.4, -0.2) is 55.8 Å². The van der Waals surface area contributed by atoms with Crippen LogP contribution in [-0.2, 0) is 27.9 Å². The molecule has 0 radical (unpaired) electrons. The lowest BCUT2D eigenvalue weighted by Gasteiger charge is -2.14. The number of aryl methyl sites for hydroxylation is 2. The molecule has 0 atom stereocenters. The number of hydrogen-bond acceptors (Lipinski definition) is 11. The average Bonchev–Trinajstić information content (AvgIpc) is 3.71. The monoisotopic (exact) mass is 788 g/mol. The summed E-state index contributed by atoms with van der Waals surface area (Å²) in [7, 11) is -3.28. The number of ether oxygens (including phenoxy) is 2. The lowest BCUT2D eigenvalue weighted by atomic mass is 10.2. The van der Waals surface area contributed by atoms with Crippen molar-refractivity contribution < 1.29 is 32.3 Å². The number of thiazole rings is 2. The number of aromatic nitrogens is 2. The summed E-state index contributed by atoms with van der Waals surface area (Å²) in [6, 6.07) is 10.3. The predicted octanol–water partition coefficient (Wildman–Crippen LogP) is 6.95. The third-order valence-corrected chi connectivity index (χ3v) is 8.98. The van der Waals surface area contributed by atoms with Crippen molar-refractivity contribution in [1.29, 1.82) is 0 Å². The Bertz CT molecular complexity index is 1940. The first-order valence-corrected chi connectivity index (χ1v) is 20.2. The lowest BCUT2D eigenvalue weighted by Crippen LogP contribution is -2.20. The van der Waals surface area contributed by atoms with Crippen molar-refractivity contribution in [2.45, 2.75) is 61.6 Å². The molecule has 2 aromatic heterocycles. The molecule has 0 saturated carbocycles. The van der Waals surface area contributed by atoms with Crippen LogP contribution < -0.4 is 40.8 Å². The van der Waals surface area contributed by atoms with Crippen LogP contribution in [0.25, 0.3) is 0 Å². The van der Waals surface area contributed by atoms with Crippen molar-refractivity contribution in [1.82, 2.24) is 20.0 Å². The van der Waals surface area contributed by atoms with Crippen LogP contribution >= 0.6 is 22.7 Å². The zero-order valence-electron chi connectivity index (χ0n) is 31.1. The molecule has 0 aliphatic rings. The van der Waals surface area contributed by atoms with Crippen molar-refractivity contribution in [3.63, 3.8) is 0 Å². The van der Waals surface area contributed by atoms with Gasteiger partial charge in [0.1, 0.15) is 11.5 Å². The van der Waals surface area contributed by atoms with Crippen LogP contribution in [0, 0.1) is 25.7 Å². The van der Waals surface area contributed by atoms with Gasteiger partial charge in [-0.15, -0.1) is 11.3 Å². The van der Waals surface area contributed by atoms with Crippen LogP contribution in [0.4, 0.5) is 31.2 Å². The molecule has 2 heterocycles. The Morgan fingerprint density at radius 3 is 1.55 bits per heavy atom. The van der Waals surface area contributed by atoms with E-state index in [1.54, 1.807) is 12.3 Å². The van der Waals surface area contributed by atoms with Crippen molar-refractivity contribution in [2.24, 2.45) is 11.8 Å². The summed E-state index contributed by atoms with van der Waals surface area (Å²) < 4.78 is 36.2. The highest BCUT2D eigenvalue weighted by Gasteiger charge is 2.13. The molecule has 0 fully saturated rings. The lowest BCUT2D eigenvalue weighted by molar-refractivity contribution is -0.119. The molecule has 0 saturated heterocycles. The highest BCUT2D eigenvalue weighted by molar-refractivity contribution is 7.88. The van der Waals surface area contributed by atoms with E-state index < -0.39 is 22.1 Å². The molecule has 0 unspecified atom stereocenters. The molecular weight excluding hydrogens is 741 g/mol. The van der Waals surface area contributed by atoms with E-state index in [-0.39, 0.29) is 12.5 Å². The van der Waals surface area contributed by atoms with Gasteiger partial charge in [-0.2, -0.15) is 0 Å². The van der Waals surface area contributed by atoms with E-state index >= 15 is 0 Å². The number of hydrogen-bond donors (Lipinski definition) is 6. The zero-order chi connectivity index (χ0) is 39.1. The number of amides is 5. The highest BCUT2D eigenvalue weighted by Crippen LogP contribution is 2.28. The van der Waals surface area contributed by atoms with Gasteiger partial charge in [-0.1, -0.05) is 51.2 Å². The summed E-state index contributed by atoms with van der Waals surface area (Å²) >= 11 is 2.50. The van der Waals surface area contributed by atoms with Crippen LogP contribution in [0.1, 0.15) is 55.5 Å². The van der Waals surface area contributed by atoms with Gasteiger partial charge in [0.25, 0.3) is 0 Å². The third-order valence-electron chi connectivity index (χ3n) is 6.48. The Morgan fingerprint density at radius 1 is 0.717 bits per heavy atom. The first-order chi connectivity index (χ1) is 24.9. The third kappa shape index (κ3) is 16.6. The molecule has 0 bridgehead atoms. The molecule has 2 aromatic carbocycles. The van der Waals surface area contributed by atoms with Crippen LogP contribution in [0.3, 0.4) is 0 Å². The number of carbonyl (C=O) groups excluding carboxylic acids is 3. The minimum absolute atomic E-state index is 0.112. The Labute approximate surface area is 318 Å². The number of nitrogens with one attached hydrogen (secondary N) is 6. The van der Waals surface area contributed by atoms with Gasteiger partial charge in [0, 0.05) is 35.6 Å². The first-order valence-electron chi connectivity index (χ1n) is 16.7. The molecule has 18 heteroatoms. The minimum Gasteiger partial charge on any atom is -0.491 e. The van der Waals surface area contributed by atoms with E-state index in [4.69, 9.17) is 9.47 Å². The summed E-state index contributed by atoms with van der Waals surface area (Å²) in [5.41, 5.74) is 3.25. The number of rotatable bonds is 15. The predicted molar refractivity (Wildman–Crippen MR) is 212 cm³/mol. The molecule has 53 heavy (non-hydrogen) atoms.